The van der Waals surface area contributed by atoms with Crippen LogP contribution in [0.1, 0.15) is 10.6 Å². The molecule has 5 rings (SSSR count). The summed E-state index contributed by atoms with van der Waals surface area (Å²) < 4.78 is 18.6. The number of benzene rings is 3. The van der Waals surface area contributed by atoms with Gasteiger partial charge < -0.3 is 14.2 Å². The van der Waals surface area contributed by atoms with E-state index in [1.54, 1.807) is 25.6 Å². The number of hydrogen-bond donors (Lipinski definition) is 0. The molecule has 158 valence electrons. The van der Waals surface area contributed by atoms with Crippen LogP contribution in [0.15, 0.2) is 60.7 Å². The van der Waals surface area contributed by atoms with Gasteiger partial charge in [-0.1, -0.05) is 30.3 Å². The van der Waals surface area contributed by atoms with Crippen LogP contribution >= 0.6 is 11.3 Å². The fourth-order valence-electron chi connectivity index (χ4n) is 4.04. The third kappa shape index (κ3) is 3.96. The number of aromatic nitrogens is 1. The van der Waals surface area contributed by atoms with E-state index in [-0.39, 0.29) is 0 Å². The number of hydrogen-bond acceptors (Lipinski definition) is 6. The molecule has 0 bridgehead atoms. The number of rotatable bonds is 5. The normalized spacial score (nSPS) is 14.0. The quantitative estimate of drug-likeness (QED) is 0.424. The highest BCUT2D eigenvalue weighted by atomic mass is 32.1. The molecule has 0 amide bonds. The van der Waals surface area contributed by atoms with Crippen molar-refractivity contribution in [3.05, 3.63) is 71.2 Å². The predicted octanol–water partition coefficient (Wildman–Crippen LogP) is 5.38. The van der Waals surface area contributed by atoms with Gasteiger partial charge in [0, 0.05) is 24.2 Å². The van der Waals surface area contributed by atoms with Crippen LogP contribution in [-0.2, 0) is 13.1 Å². The number of para-hydroxylation sites is 2. The van der Waals surface area contributed by atoms with E-state index in [9.17, 15) is 0 Å². The van der Waals surface area contributed by atoms with E-state index >= 15 is 0 Å². The van der Waals surface area contributed by atoms with Gasteiger partial charge in [-0.3, -0.25) is 4.90 Å². The van der Waals surface area contributed by atoms with Crippen molar-refractivity contribution >= 4 is 21.6 Å². The van der Waals surface area contributed by atoms with Crippen LogP contribution in [-0.4, -0.2) is 37.3 Å². The van der Waals surface area contributed by atoms with Crippen LogP contribution in [0.5, 0.6) is 17.2 Å². The second kappa shape index (κ2) is 8.57. The molecule has 0 saturated heterocycles. The zero-order valence-electron chi connectivity index (χ0n) is 17.6. The number of fused-ring (bicyclic) bond motifs is 2. The first-order valence-electron chi connectivity index (χ1n) is 10.3. The molecule has 0 fully saturated rings. The molecule has 1 aliphatic rings. The van der Waals surface area contributed by atoms with Crippen LogP contribution in [0.4, 0.5) is 0 Å². The Morgan fingerprint density at radius 3 is 2.65 bits per heavy atom. The highest BCUT2D eigenvalue weighted by Gasteiger charge is 2.22. The maximum atomic E-state index is 6.13. The lowest BCUT2D eigenvalue weighted by Gasteiger charge is -2.19. The number of methoxy groups -OCH3 is 2. The van der Waals surface area contributed by atoms with E-state index in [1.165, 1.54) is 4.70 Å². The minimum atomic E-state index is 0.613. The molecule has 0 aliphatic carbocycles. The standard InChI is InChI=1S/C25H24N2O3S/c1-28-21-9-5-3-7-19(21)17-13-18-15-27(11-12-30-25(18)22(14-17)29-2)16-24-26-20-8-4-6-10-23(20)31-24/h3-10,13-14H,11-12,15-16H2,1-2H3. The highest BCUT2D eigenvalue weighted by Crippen LogP contribution is 2.40. The summed E-state index contributed by atoms with van der Waals surface area (Å²) in [7, 11) is 3.39. The summed E-state index contributed by atoms with van der Waals surface area (Å²) in [5, 5.41) is 1.12. The van der Waals surface area contributed by atoms with Gasteiger partial charge in [0.2, 0.25) is 0 Å². The molecular formula is C25H24N2O3S. The summed E-state index contributed by atoms with van der Waals surface area (Å²) in [6, 6.07) is 20.5. The molecule has 0 saturated carbocycles. The summed E-state index contributed by atoms with van der Waals surface area (Å²) in [5.74, 6) is 2.42. The number of nitrogens with zero attached hydrogens (tertiary/aromatic N) is 2. The van der Waals surface area contributed by atoms with E-state index in [4.69, 9.17) is 19.2 Å². The van der Waals surface area contributed by atoms with Crippen molar-refractivity contribution in [2.24, 2.45) is 0 Å². The topological polar surface area (TPSA) is 43.8 Å². The Kier molecular flexibility index (Phi) is 5.49. The maximum absolute atomic E-state index is 6.13. The van der Waals surface area contributed by atoms with Gasteiger partial charge in [-0.2, -0.15) is 0 Å². The van der Waals surface area contributed by atoms with E-state index in [0.29, 0.717) is 6.61 Å². The molecule has 0 unspecified atom stereocenters. The second-order valence-electron chi connectivity index (χ2n) is 7.50. The van der Waals surface area contributed by atoms with Gasteiger partial charge >= 0.3 is 0 Å². The molecule has 5 nitrogen and oxygen atoms in total. The molecule has 2 heterocycles. The fraction of sp³-hybridized carbons (Fsp3) is 0.240. The van der Waals surface area contributed by atoms with Gasteiger partial charge in [0.05, 0.1) is 31.0 Å². The molecular weight excluding hydrogens is 408 g/mol. The third-order valence-electron chi connectivity index (χ3n) is 5.51. The van der Waals surface area contributed by atoms with E-state index in [2.05, 4.69) is 35.2 Å². The lowest BCUT2D eigenvalue weighted by Crippen LogP contribution is -2.25. The molecule has 6 heteroatoms. The van der Waals surface area contributed by atoms with Gasteiger partial charge in [0.15, 0.2) is 11.5 Å². The van der Waals surface area contributed by atoms with Gasteiger partial charge in [0.25, 0.3) is 0 Å². The Labute approximate surface area is 185 Å². The van der Waals surface area contributed by atoms with Crippen LogP contribution in [0.2, 0.25) is 0 Å². The molecule has 1 aliphatic heterocycles. The van der Waals surface area contributed by atoms with Crippen molar-refractivity contribution in [1.82, 2.24) is 9.88 Å². The molecule has 0 N–H and O–H groups in total. The van der Waals surface area contributed by atoms with Gasteiger partial charge in [-0.25, -0.2) is 4.98 Å². The summed E-state index contributed by atoms with van der Waals surface area (Å²) in [4.78, 5) is 7.19. The van der Waals surface area contributed by atoms with Gasteiger partial charge in [0.1, 0.15) is 17.4 Å². The first-order chi connectivity index (χ1) is 15.2. The zero-order valence-corrected chi connectivity index (χ0v) is 18.4. The Morgan fingerprint density at radius 1 is 1.00 bits per heavy atom. The molecule has 0 atom stereocenters. The molecule has 1 aromatic heterocycles. The minimum Gasteiger partial charge on any atom is -0.496 e. The average Bonchev–Trinajstić information content (AvgIpc) is 3.10. The molecule has 31 heavy (non-hydrogen) atoms. The maximum Gasteiger partial charge on any atom is 0.165 e. The Hall–Kier alpha value is -3.09. The Balaban J connectivity index is 1.48. The van der Waals surface area contributed by atoms with E-state index < -0.39 is 0 Å². The van der Waals surface area contributed by atoms with Crippen molar-refractivity contribution in [2.45, 2.75) is 13.1 Å². The molecule has 0 spiro atoms. The number of thiazole rings is 1. The van der Waals surface area contributed by atoms with Crippen molar-refractivity contribution < 1.29 is 14.2 Å². The average molecular weight is 433 g/mol. The Bertz CT molecular complexity index is 1190. The smallest absolute Gasteiger partial charge is 0.165 e. The summed E-state index contributed by atoms with van der Waals surface area (Å²) in [5.41, 5.74) is 4.26. The van der Waals surface area contributed by atoms with Crippen LogP contribution < -0.4 is 14.2 Å². The molecule has 3 aromatic carbocycles. The van der Waals surface area contributed by atoms with Crippen LogP contribution in [0, 0.1) is 0 Å². The summed E-state index contributed by atoms with van der Waals surface area (Å²) >= 11 is 1.76. The third-order valence-corrected chi connectivity index (χ3v) is 6.54. The van der Waals surface area contributed by atoms with Gasteiger partial charge in [-0.05, 0) is 35.9 Å². The van der Waals surface area contributed by atoms with Crippen molar-refractivity contribution in [1.29, 1.82) is 0 Å². The summed E-state index contributed by atoms with van der Waals surface area (Å²) in [6.07, 6.45) is 0. The highest BCUT2D eigenvalue weighted by molar-refractivity contribution is 7.18. The largest absolute Gasteiger partial charge is 0.496 e. The molecule has 4 aromatic rings. The Morgan fingerprint density at radius 2 is 1.81 bits per heavy atom. The van der Waals surface area contributed by atoms with Crippen LogP contribution in [0.3, 0.4) is 0 Å². The number of ether oxygens (including phenoxy) is 3. The first-order valence-corrected chi connectivity index (χ1v) is 11.1. The van der Waals surface area contributed by atoms with Crippen LogP contribution in [0.25, 0.3) is 21.3 Å². The lowest BCUT2D eigenvalue weighted by molar-refractivity contribution is 0.217. The van der Waals surface area contributed by atoms with Gasteiger partial charge in [-0.15, -0.1) is 11.3 Å². The summed E-state index contributed by atoms with van der Waals surface area (Å²) in [6.45, 7) is 3.01. The molecule has 0 radical (unpaired) electrons. The van der Waals surface area contributed by atoms with E-state index in [0.717, 1.165) is 64.1 Å². The monoisotopic (exact) mass is 432 g/mol. The zero-order chi connectivity index (χ0) is 21.2. The van der Waals surface area contributed by atoms with Crippen molar-refractivity contribution in [2.75, 3.05) is 27.4 Å². The lowest BCUT2D eigenvalue weighted by atomic mass is 10.0. The first kappa shape index (κ1) is 19.8. The van der Waals surface area contributed by atoms with Crippen molar-refractivity contribution in [3.8, 4) is 28.4 Å². The van der Waals surface area contributed by atoms with Crippen molar-refractivity contribution in [3.63, 3.8) is 0 Å². The predicted molar refractivity (Wildman–Crippen MR) is 124 cm³/mol. The second-order valence-corrected chi connectivity index (χ2v) is 8.62. The van der Waals surface area contributed by atoms with E-state index in [1.807, 2.05) is 30.3 Å². The SMILES string of the molecule is COc1ccccc1-c1cc2c(c(OC)c1)OCCN(Cc1nc3ccccc3s1)C2. The minimum absolute atomic E-state index is 0.613. The fourth-order valence-corrected chi connectivity index (χ4v) is 5.05.